The summed E-state index contributed by atoms with van der Waals surface area (Å²) in [5, 5.41) is 11.2. The lowest BCUT2D eigenvalue weighted by molar-refractivity contribution is -0.120. The van der Waals surface area contributed by atoms with Gasteiger partial charge in [0.25, 0.3) is 0 Å². The lowest BCUT2D eigenvalue weighted by Crippen LogP contribution is -2.39. The molecule has 0 bridgehead atoms. The molecule has 0 unspecified atom stereocenters. The highest BCUT2D eigenvalue weighted by Crippen LogP contribution is 2.23. The molecule has 19 heavy (non-hydrogen) atoms. The molecule has 0 aliphatic carbocycles. The van der Waals surface area contributed by atoms with Gasteiger partial charge in [-0.1, -0.05) is 5.16 Å². The van der Waals surface area contributed by atoms with Crippen molar-refractivity contribution in [1.29, 1.82) is 0 Å². The van der Waals surface area contributed by atoms with Crippen LogP contribution in [0.1, 0.15) is 19.5 Å². The zero-order valence-corrected chi connectivity index (χ0v) is 10.5. The van der Waals surface area contributed by atoms with Gasteiger partial charge in [0.05, 0.1) is 11.9 Å². The van der Waals surface area contributed by atoms with Crippen molar-refractivity contribution in [3.63, 3.8) is 0 Å². The maximum Gasteiger partial charge on any atom is 0.405 e. The van der Waals surface area contributed by atoms with Crippen LogP contribution in [-0.4, -0.2) is 34.8 Å². The van der Waals surface area contributed by atoms with Crippen molar-refractivity contribution in [2.75, 3.05) is 11.4 Å². The zero-order chi connectivity index (χ0) is 14.6. The van der Waals surface area contributed by atoms with Crippen molar-refractivity contribution in [1.82, 2.24) is 4.98 Å². The number of hydrogen-bond donors (Lipinski definition) is 2. The fourth-order valence-corrected chi connectivity index (χ4v) is 1.52. The Morgan fingerprint density at radius 1 is 1.47 bits per heavy atom. The highest BCUT2D eigenvalue weighted by Gasteiger charge is 2.32. The quantitative estimate of drug-likeness (QED) is 0.381. The second-order valence-corrected chi connectivity index (χ2v) is 4.22. The Balaban J connectivity index is 2.98. The molecule has 1 heterocycles. The molecule has 0 saturated heterocycles. The van der Waals surface area contributed by atoms with Gasteiger partial charge in [0, 0.05) is 6.04 Å². The minimum absolute atomic E-state index is 0.196. The molecule has 0 spiro atoms. The lowest BCUT2D eigenvalue weighted by Gasteiger charge is -2.29. The molecule has 5 nitrogen and oxygen atoms in total. The van der Waals surface area contributed by atoms with Crippen LogP contribution in [0.3, 0.4) is 0 Å². The van der Waals surface area contributed by atoms with E-state index in [0.717, 1.165) is 0 Å². The summed E-state index contributed by atoms with van der Waals surface area (Å²) in [5.74, 6) is -0.196. The molecule has 0 atom stereocenters. The van der Waals surface area contributed by atoms with Gasteiger partial charge < -0.3 is 15.8 Å². The van der Waals surface area contributed by atoms with Crippen molar-refractivity contribution in [3.05, 3.63) is 24.0 Å². The van der Waals surface area contributed by atoms with Crippen LogP contribution in [0, 0.1) is 0 Å². The molecule has 106 valence electrons. The molecular weight excluding hydrogens is 261 g/mol. The summed E-state index contributed by atoms with van der Waals surface area (Å²) in [6.45, 7) is 2.25. The lowest BCUT2D eigenvalue weighted by atomic mass is 10.2. The largest absolute Gasteiger partial charge is 0.409 e. The van der Waals surface area contributed by atoms with Crippen molar-refractivity contribution in [2.45, 2.75) is 26.1 Å². The maximum atomic E-state index is 12.5. The highest BCUT2D eigenvalue weighted by molar-refractivity contribution is 5.95. The summed E-state index contributed by atoms with van der Waals surface area (Å²) < 4.78 is 37.4. The van der Waals surface area contributed by atoms with E-state index >= 15 is 0 Å². The van der Waals surface area contributed by atoms with Crippen molar-refractivity contribution in [2.24, 2.45) is 10.9 Å². The standard InChI is InChI=1S/C11H15F3N4O/c1-7(2)18(6-11(12,13)14)8-3-4-9(16-5-8)10(15)17-19/h3-5,7,19H,6H2,1-2H3,(H2,15,17). The fourth-order valence-electron chi connectivity index (χ4n) is 1.52. The molecule has 0 saturated carbocycles. The summed E-state index contributed by atoms with van der Waals surface area (Å²) in [5.41, 5.74) is 5.84. The number of anilines is 1. The van der Waals surface area contributed by atoms with Crippen LogP contribution in [0.4, 0.5) is 18.9 Å². The number of pyridine rings is 1. The topological polar surface area (TPSA) is 74.7 Å². The van der Waals surface area contributed by atoms with Crippen LogP contribution in [-0.2, 0) is 0 Å². The van der Waals surface area contributed by atoms with Gasteiger partial charge >= 0.3 is 6.18 Å². The smallest absolute Gasteiger partial charge is 0.405 e. The maximum absolute atomic E-state index is 12.5. The molecule has 1 aromatic rings. The van der Waals surface area contributed by atoms with Crippen molar-refractivity contribution < 1.29 is 18.4 Å². The monoisotopic (exact) mass is 276 g/mol. The van der Waals surface area contributed by atoms with Gasteiger partial charge in [0.1, 0.15) is 12.2 Å². The third kappa shape index (κ3) is 4.31. The third-order valence-corrected chi connectivity index (χ3v) is 2.42. The number of alkyl halides is 3. The molecule has 0 aliphatic heterocycles. The Hall–Kier alpha value is -1.99. The predicted molar refractivity (Wildman–Crippen MR) is 65.3 cm³/mol. The van der Waals surface area contributed by atoms with E-state index in [1.165, 1.54) is 23.2 Å². The number of nitrogens with zero attached hydrogens (tertiary/aromatic N) is 3. The van der Waals surface area contributed by atoms with Crippen molar-refractivity contribution >= 4 is 11.5 Å². The average molecular weight is 276 g/mol. The second-order valence-electron chi connectivity index (χ2n) is 4.22. The number of oxime groups is 1. The number of aromatic nitrogens is 1. The number of rotatable bonds is 4. The summed E-state index contributed by atoms with van der Waals surface area (Å²) in [6.07, 6.45) is -3.03. The first-order chi connectivity index (χ1) is 8.74. The molecule has 3 N–H and O–H groups in total. The summed E-state index contributed by atoms with van der Waals surface area (Å²) in [4.78, 5) is 5.03. The van der Waals surface area contributed by atoms with Gasteiger partial charge in [-0.2, -0.15) is 13.2 Å². The minimum Gasteiger partial charge on any atom is -0.409 e. The Labute approximate surface area is 108 Å². The molecule has 0 fully saturated rings. The first kappa shape index (κ1) is 15.1. The van der Waals surface area contributed by atoms with Gasteiger partial charge in [-0.3, -0.25) is 4.98 Å². The van der Waals surface area contributed by atoms with Crippen LogP contribution in [0.2, 0.25) is 0 Å². The predicted octanol–water partition coefficient (Wildman–Crippen LogP) is 1.95. The average Bonchev–Trinajstić information content (AvgIpc) is 2.34. The van der Waals surface area contributed by atoms with E-state index in [2.05, 4.69) is 10.1 Å². The molecule has 0 aliphatic rings. The van der Waals surface area contributed by atoms with E-state index in [-0.39, 0.29) is 17.6 Å². The summed E-state index contributed by atoms with van der Waals surface area (Å²) in [6, 6.07) is 2.51. The molecule has 1 rings (SSSR count). The molecule has 1 aromatic heterocycles. The van der Waals surface area contributed by atoms with Gasteiger partial charge in [-0.25, -0.2) is 0 Å². The van der Waals surface area contributed by atoms with Crippen LogP contribution in [0.5, 0.6) is 0 Å². The second kappa shape index (κ2) is 5.77. The van der Waals surface area contributed by atoms with Crippen LogP contribution in [0.15, 0.2) is 23.5 Å². The number of nitrogens with two attached hydrogens (primary N) is 1. The minimum atomic E-state index is -4.30. The van der Waals surface area contributed by atoms with E-state index in [1.807, 2.05) is 0 Å². The van der Waals surface area contributed by atoms with Gasteiger partial charge in [-0.05, 0) is 26.0 Å². The molecule has 0 amide bonds. The van der Waals surface area contributed by atoms with E-state index in [9.17, 15) is 13.2 Å². The number of halogens is 3. The first-order valence-electron chi connectivity index (χ1n) is 5.52. The Morgan fingerprint density at radius 3 is 2.47 bits per heavy atom. The number of amidine groups is 1. The SMILES string of the molecule is CC(C)N(CC(F)(F)F)c1ccc(/C(N)=N/O)nc1. The highest BCUT2D eigenvalue weighted by atomic mass is 19.4. The first-order valence-corrected chi connectivity index (χ1v) is 5.52. The Bertz CT molecular complexity index is 442. The van der Waals surface area contributed by atoms with E-state index in [1.54, 1.807) is 13.8 Å². The summed E-state index contributed by atoms with van der Waals surface area (Å²) in [7, 11) is 0. The molecule has 0 radical (unpaired) electrons. The summed E-state index contributed by atoms with van der Waals surface area (Å²) >= 11 is 0. The zero-order valence-electron chi connectivity index (χ0n) is 10.5. The van der Waals surface area contributed by atoms with E-state index in [0.29, 0.717) is 5.69 Å². The Kier molecular flexibility index (Phi) is 4.57. The fraction of sp³-hybridized carbons (Fsp3) is 0.455. The molecular formula is C11H15F3N4O. The molecule has 8 heteroatoms. The van der Waals surface area contributed by atoms with Gasteiger partial charge in [0.15, 0.2) is 5.84 Å². The normalized spacial score (nSPS) is 12.8. The van der Waals surface area contributed by atoms with Gasteiger partial charge in [0.2, 0.25) is 0 Å². The number of hydrogen-bond acceptors (Lipinski definition) is 4. The van der Waals surface area contributed by atoms with E-state index in [4.69, 9.17) is 10.9 Å². The third-order valence-electron chi connectivity index (χ3n) is 2.42. The van der Waals surface area contributed by atoms with Crippen LogP contribution >= 0.6 is 0 Å². The molecule has 0 aromatic carbocycles. The van der Waals surface area contributed by atoms with Gasteiger partial charge in [-0.15, -0.1) is 0 Å². The van der Waals surface area contributed by atoms with E-state index < -0.39 is 12.7 Å². The van der Waals surface area contributed by atoms with Crippen LogP contribution < -0.4 is 10.6 Å². The van der Waals surface area contributed by atoms with Crippen molar-refractivity contribution in [3.8, 4) is 0 Å². The Morgan fingerprint density at radius 2 is 2.11 bits per heavy atom. The van der Waals surface area contributed by atoms with Crippen LogP contribution in [0.25, 0.3) is 0 Å².